The van der Waals surface area contributed by atoms with Gasteiger partial charge in [-0.05, 0) is 6.08 Å². The number of hydrogen-bond donors (Lipinski definition) is 1. The Labute approximate surface area is 64.9 Å². The fourth-order valence-electron chi connectivity index (χ4n) is 1.04. The normalized spacial score (nSPS) is 28.9. The Morgan fingerprint density at radius 3 is 2.64 bits per heavy atom. The Balaban J connectivity index is 2.32. The predicted molar refractivity (Wildman–Crippen MR) is 38.4 cm³/mol. The fourth-order valence-corrected chi connectivity index (χ4v) is 1.04. The van der Waals surface area contributed by atoms with Crippen LogP contribution in [0, 0.1) is 0 Å². The van der Waals surface area contributed by atoms with E-state index in [0.717, 1.165) is 0 Å². The van der Waals surface area contributed by atoms with Crippen LogP contribution in [-0.2, 0) is 14.4 Å². The van der Waals surface area contributed by atoms with Gasteiger partial charge in [-0.2, -0.15) is 0 Å². The Hall–Kier alpha value is -0.870. The Bertz CT molecular complexity index is 179. The first kappa shape index (κ1) is 8.23. The molecule has 4 nitrogen and oxygen atoms in total. The highest BCUT2D eigenvalue weighted by Gasteiger charge is 2.20. The minimum atomic E-state index is -0.280. The minimum absolute atomic E-state index is 0.112. The van der Waals surface area contributed by atoms with E-state index in [9.17, 15) is 4.79 Å². The van der Waals surface area contributed by atoms with Gasteiger partial charge in [0.15, 0.2) is 0 Å². The number of ether oxygens (including phenoxy) is 1. The molecule has 0 saturated heterocycles. The van der Waals surface area contributed by atoms with E-state index < -0.39 is 0 Å². The standard InChI is InChI=1S/C7H11NO3/c1-5(9)10-6-2-3-7(4-6)11-8/h2-3,6-7H,4,8H2,1H3/t6-,7-/m0/s1. The molecule has 0 amide bonds. The zero-order valence-electron chi connectivity index (χ0n) is 6.32. The molecule has 1 aliphatic rings. The molecule has 4 heteroatoms. The second kappa shape index (κ2) is 3.50. The number of rotatable bonds is 2. The van der Waals surface area contributed by atoms with Gasteiger partial charge in [-0.1, -0.05) is 6.08 Å². The van der Waals surface area contributed by atoms with Crippen LogP contribution in [0.5, 0.6) is 0 Å². The molecule has 62 valence electrons. The van der Waals surface area contributed by atoms with Crippen LogP contribution in [0.2, 0.25) is 0 Å². The number of nitrogens with two attached hydrogens (primary N) is 1. The number of esters is 1. The van der Waals surface area contributed by atoms with Crippen molar-refractivity contribution < 1.29 is 14.4 Å². The monoisotopic (exact) mass is 157 g/mol. The van der Waals surface area contributed by atoms with Gasteiger partial charge in [0.2, 0.25) is 0 Å². The third-order valence-corrected chi connectivity index (χ3v) is 1.50. The van der Waals surface area contributed by atoms with Crippen LogP contribution in [0.3, 0.4) is 0 Å². The Kier molecular flexibility index (Phi) is 2.62. The summed E-state index contributed by atoms with van der Waals surface area (Å²) in [6.07, 6.45) is 3.91. The highest BCUT2D eigenvalue weighted by molar-refractivity contribution is 5.66. The van der Waals surface area contributed by atoms with Gasteiger partial charge in [0, 0.05) is 13.3 Å². The lowest BCUT2D eigenvalue weighted by atomic mass is 10.3. The molecule has 0 aliphatic heterocycles. The summed E-state index contributed by atoms with van der Waals surface area (Å²) in [4.78, 5) is 15.0. The summed E-state index contributed by atoms with van der Waals surface area (Å²) in [5.74, 6) is 4.65. The third kappa shape index (κ3) is 2.32. The van der Waals surface area contributed by atoms with Gasteiger partial charge >= 0.3 is 5.97 Å². The first-order chi connectivity index (χ1) is 5.22. The maximum absolute atomic E-state index is 10.5. The molecule has 0 aromatic heterocycles. The van der Waals surface area contributed by atoms with Crippen molar-refractivity contribution in [1.29, 1.82) is 0 Å². The summed E-state index contributed by atoms with van der Waals surface area (Å²) in [7, 11) is 0. The van der Waals surface area contributed by atoms with Gasteiger partial charge in [0.25, 0.3) is 0 Å². The van der Waals surface area contributed by atoms with Crippen molar-refractivity contribution in [3.63, 3.8) is 0 Å². The van der Waals surface area contributed by atoms with Crippen molar-refractivity contribution >= 4 is 5.97 Å². The van der Waals surface area contributed by atoms with Gasteiger partial charge in [0.05, 0.1) is 0 Å². The van der Waals surface area contributed by atoms with E-state index in [4.69, 9.17) is 10.6 Å². The lowest BCUT2D eigenvalue weighted by Crippen LogP contribution is -2.18. The topological polar surface area (TPSA) is 61.5 Å². The van der Waals surface area contributed by atoms with Crippen molar-refractivity contribution in [3.8, 4) is 0 Å². The van der Waals surface area contributed by atoms with E-state index in [0.29, 0.717) is 6.42 Å². The van der Waals surface area contributed by atoms with Crippen LogP contribution < -0.4 is 5.90 Å². The van der Waals surface area contributed by atoms with Crippen LogP contribution in [0.4, 0.5) is 0 Å². The fraction of sp³-hybridized carbons (Fsp3) is 0.571. The average Bonchev–Trinajstić information content (AvgIpc) is 2.34. The largest absolute Gasteiger partial charge is 0.458 e. The predicted octanol–water partition coefficient (Wildman–Crippen LogP) is 0.137. The van der Waals surface area contributed by atoms with E-state index in [-0.39, 0.29) is 18.2 Å². The van der Waals surface area contributed by atoms with E-state index in [1.54, 1.807) is 12.2 Å². The molecule has 0 saturated carbocycles. The van der Waals surface area contributed by atoms with Crippen molar-refractivity contribution in [2.24, 2.45) is 5.90 Å². The molecule has 0 spiro atoms. The molecule has 0 radical (unpaired) electrons. The van der Waals surface area contributed by atoms with Crippen molar-refractivity contribution in [2.75, 3.05) is 0 Å². The van der Waals surface area contributed by atoms with Gasteiger partial charge < -0.3 is 4.74 Å². The molecular formula is C7H11NO3. The lowest BCUT2D eigenvalue weighted by molar-refractivity contribution is -0.144. The summed E-state index contributed by atoms with van der Waals surface area (Å²) >= 11 is 0. The second-order valence-corrected chi connectivity index (χ2v) is 2.44. The molecule has 0 bridgehead atoms. The third-order valence-electron chi connectivity index (χ3n) is 1.50. The first-order valence-electron chi connectivity index (χ1n) is 3.43. The summed E-state index contributed by atoms with van der Waals surface area (Å²) in [6.45, 7) is 1.38. The number of hydrogen-bond acceptors (Lipinski definition) is 4. The van der Waals surface area contributed by atoms with Crippen LogP contribution in [0.15, 0.2) is 12.2 Å². The van der Waals surface area contributed by atoms with E-state index >= 15 is 0 Å². The zero-order valence-corrected chi connectivity index (χ0v) is 6.32. The molecule has 1 aliphatic carbocycles. The summed E-state index contributed by atoms with van der Waals surface area (Å²) in [6, 6.07) is 0. The Morgan fingerprint density at radius 1 is 1.55 bits per heavy atom. The molecule has 2 atom stereocenters. The molecule has 1 rings (SSSR count). The van der Waals surface area contributed by atoms with Crippen LogP contribution >= 0.6 is 0 Å². The molecule has 0 aromatic carbocycles. The molecule has 0 fully saturated rings. The SMILES string of the molecule is CC(=O)O[C@H]1C=C[C@H](ON)C1. The molecular weight excluding hydrogens is 146 g/mol. The van der Waals surface area contributed by atoms with E-state index in [1.165, 1.54) is 6.92 Å². The van der Waals surface area contributed by atoms with Crippen LogP contribution in [-0.4, -0.2) is 18.2 Å². The molecule has 0 aromatic rings. The van der Waals surface area contributed by atoms with Crippen molar-refractivity contribution in [1.82, 2.24) is 0 Å². The smallest absolute Gasteiger partial charge is 0.303 e. The van der Waals surface area contributed by atoms with Gasteiger partial charge in [-0.15, -0.1) is 0 Å². The average molecular weight is 157 g/mol. The number of carbonyl (C=O) groups excluding carboxylic acids is 1. The second-order valence-electron chi connectivity index (χ2n) is 2.44. The van der Waals surface area contributed by atoms with E-state index in [2.05, 4.69) is 4.84 Å². The summed E-state index contributed by atoms with van der Waals surface area (Å²) in [5, 5.41) is 0. The maximum atomic E-state index is 10.5. The first-order valence-corrected chi connectivity index (χ1v) is 3.43. The minimum Gasteiger partial charge on any atom is -0.458 e. The quantitative estimate of drug-likeness (QED) is 0.352. The highest BCUT2D eigenvalue weighted by Crippen LogP contribution is 2.15. The van der Waals surface area contributed by atoms with Crippen molar-refractivity contribution in [3.05, 3.63) is 12.2 Å². The molecule has 2 N–H and O–H groups in total. The molecule has 11 heavy (non-hydrogen) atoms. The van der Waals surface area contributed by atoms with Gasteiger partial charge in [-0.25, -0.2) is 5.90 Å². The zero-order chi connectivity index (χ0) is 8.27. The van der Waals surface area contributed by atoms with Crippen molar-refractivity contribution in [2.45, 2.75) is 25.6 Å². The molecule has 0 heterocycles. The Morgan fingerprint density at radius 2 is 2.18 bits per heavy atom. The number of carbonyl (C=O) groups is 1. The van der Waals surface area contributed by atoms with Crippen LogP contribution in [0.25, 0.3) is 0 Å². The molecule has 0 unspecified atom stereocenters. The highest BCUT2D eigenvalue weighted by atomic mass is 16.6. The summed E-state index contributed by atoms with van der Waals surface area (Å²) in [5.41, 5.74) is 0. The van der Waals surface area contributed by atoms with Gasteiger partial charge in [0.1, 0.15) is 12.2 Å². The van der Waals surface area contributed by atoms with Crippen LogP contribution in [0.1, 0.15) is 13.3 Å². The van der Waals surface area contributed by atoms with E-state index in [1.807, 2.05) is 0 Å². The summed E-state index contributed by atoms with van der Waals surface area (Å²) < 4.78 is 4.88. The maximum Gasteiger partial charge on any atom is 0.303 e. The lowest BCUT2D eigenvalue weighted by Gasteiger charge is -2.09. The van der Waals surface area contributed by atoms with Gasteiger partial charge in [-0.3, -0.25) is 9.63 Å².